The first kappa shape index (κ1) is 22.8. The number of benzene rings is 3. The van der Waals surface area contributed by atoms with Crippen molar-refractivity contribution in [1.82, 2.24) is 5.32 Å². The maximum Gasteiger partial charge on any atom is 0.335 e. The number of nitrogens with zero attached hydrogens (tertiary/aromatic N) is 1. The van der Waals surface area contributed by atoms with Crippen LogP contribution in [0.5, 0.6) is 5.75 Å². The van der Waals surface area contributed by atoms with Crippen molar-refractivity contribution >= 4 is 57.1 Å². The molecule has 1 N–H and O–H groups in total. The van der Waals surface area contributed by atoms with Gasteiger partial charge in [-0.3, -0.25) is 14.9 Å². The molecule has 1 aliphatic heterocycles. The van der Waals surface area contributed by atoms with E-state index >= 15 is 0 Å². The van der Waals surface area contributed by atoms with Gasteiger partial charge in [0.25, 0.3) is 11.8 Å². The third-order valence-electron chi connectivity index (χ3n) is 5.04. The fourth-order valence-corrected chi connectivity index (χ4v) is 4.02. The van der Waals surface area contributed by atoms with Crippen LogP contribution >= 0.6 is 27.5 Å². The molecule has 4 amide bonds. The molecule has 0 aliphatic carbocycles. The summed E-state index contributed by atoms with van der Waals surface area (Å²) >= 11 is 9.51. The zero-order valence-corrected chi connectivity index (χ0v) is 19.8. The summed E-state index contributed by atoms with van der Waals surface area (Å²) in [6.45, 7) is 2.09. The quantitative estimate of drug-likeness (QED) is 0.345. The zero-order chi connectivity index (χ0) is 23.5. The van der Waals surface area contributed by atoms with Gasteiger partial charge in [-0.25, -0.2) is 9.69 Å². The lowest BCUT2D eigenvalue weighted by Crippen LogP contribution is -2.54. The molecule has 3 aromatic rings. The first-order valence-electron chi connectivity index (χ1n) is 9.97. The lowest BCUT2D eigenvalue weighted by molar-refractivity contribution is -0.122. The fraction of sp³-hybridized carbons (Fsp3) is 0.0800. The van der Waals surface area contributed by atoms with E-state index in [0.717, 1.165) is 14.9 Å². The Hall–Kier alpha value is -3.42. The van der Waals surface area contributed by atoms with Crippen molar-refractivity contribution in [1.29, 1.82) is 0 Å². The number of nitrogens with one attached hydrogen (secondary N) is 1. The second-order valence-corrected chi connectivity index (χ2v) is 8.66. The molecule has 0 spiro atoms. The molecule has 3 aromatic carbocycles. The molecule has 8 heteroatoms. The molecule has 0 atom stereocenters. The van der Waals surface area contributed by atoms with Crippen molar-refractivity contribution in [2.75, 3.05) is 4.90 Å². The molecule has 6 nitrogen and oxygen atoms in total. The molecule has 0 bridgehead atoms. The van der Waals surface area contributed by atoms with Gasteiger partial charge in [0.15, 0.2) is 0 Å². The van der Waals surface area contributed by atoms with Gasteiger partial charge in [0.2, 0.25) is 0 Å². The Balaban J connectivity index is 1.54. The van der Waals surface area contributed by atoms with Crippen molar-refractivity contribution in [2.45, 2.75) is 13.5 Å². The highest BCUT2D eigenvalue weighted by molar-refractivity contribution is 9.10. The zero-order valence-electron chi connectivity index (χ0n) is 17.5. The van der Waals surface area contributed by atoms with Crippen molar-refractivity contribution in [3.8, 4) is 5.75 Å². The Morgan fingerprint density at radius 2 is 1.76 bits per heavy atom. The second kappa shape index (κ2) is 9.60. The van der Waals surface area contributed by atoms with Crippen LogP contribution in [0.2, 0.25) is 5.02 Å². The van der Waals surface area contributed by atoms with E-state index in [2.05, 4.69) is 21.2 Å². The van der Waals surface area contributed by atoms with Gasteiger partial charge in [-0.1, -0.05) is 57.9 Å². The number of amides is 4. The van der Waals surface area contributed by atoms with Crippen LogP contribution in [0.1, 0.15) is 16.7 Å². The van der Waals surface area contributed by atoms with Crippen LogP contribution in [-0.4, -0.2) is 17.8 Å². The van der Waals surface area contributed by atoms with Crippen molar-refractivity contribution in [3.63, 3.8) is 0 Å². The number of carbonyl (C=O) groups is 3. The number of urea groups is 1. The smallest absolute Gasteiger partial charge is 0.335 e. The lowest BCUT2D eigenvalue weighted by atomic mass is 10.1. The van der Waals surface area contributed by atoms with Crippen molar-refractivity contribution in [2.24, 2.45) is 0 Å². The number of aryl methyl sites for hydroxylation is 1. The highest BCUT2D eigenvalue weighted by Gasteiger charge is 2.37. The van der Waals surface area contributed by atoms with Crippen molar-refractivity contribution < 1.29 is 19.1 Å². The molecule has 0 saturated carbocycles. The number of hydrogen-bond acceptors (Lipinski definition) is 4. The summed E-state index contributed by atoms with van der Waals surface area (Å²) in [6.07, 6.45) is 1.45. The molecule has 166 valence electrons. The number of halogens is 2. The number of barbiturate groups is 1. The van der Waals surface area contributed by atoms with E-state index in [9.17, 15) is 14.4 Å². The van der Waals surface area contributed by atoms with E-state index in [1.54, 1.807) is 55.5 Å². The molecule has 0 radical (unpaired) electrons. The van der Waals surface area contributed by atoms with Crippen molar-refractivity contribution in [3.05, 3.63) is 98.5 Å². The third-order valence-corrected chi connectivity index (χ3v) is 5.91. The molecular formula is C25H18BrClN2O4. The first-order valence-corrected chi connectivity index (χ1v) is 11.1. The van der Waals surface area contributed by atoms with E-state index in [-0.39, 0.29) is 5.57 Å². The van der Waals surface area contributed by atoms with E-state index < -0.39 is 17.8 Å². The van der Waals surface area contributed by atoms with E-state index in [0.29, 0.717) is 34.2 Å². The fourth-order valence-electron chi connectivity index (χ4n) is 3.35. The van der Waals surface area contributed by atoms with Crippen LogP contribution < -0.4 is 15.0 Å². The molecule has 1 fully saturated rings. The molecule has 0 unspecified atom stereocenters. The monoisotopic (exact) mass is 524 g/mol. The Morgan fingerprint density at radius 1 is 1.03 bits per heavy atom. The highest BCUT2D eigenvalue weighted by atomic mass is 79.9. The molecule has 0 aromatic heterocycles. The average Bonchev–Trinajstić information content (AvgIpc) is 2.78. The Kier molecular flexibility index (Phi) is 6.62. The van der Waals surface area contributed by atoms with Crippen LogP contribution in [0.15, 0.2) is 76.8 Å². The van der Waals surface area contributed by atoms with Crippen LogP contribution in [0.3, 0.4) is 0 Å². The third kappa shape index (κ3) is 4.99. The predicted molar refractivity (Wildman–Crippen MR) is 130 cm³/mol. The summed E-state index contributed by atoms with van der Waals surface area (Å²) in [5.41, 5.74) is 2.45. The van der Waals surface area contributed by atoms with Crippen LogP contribution in [0, 0.1) is 6.92 Å². The van der Waals surface area contributed by atoms with Gasteiger partial charge in [-0.15, -0.1) is 0 Å². The van der Waals surface area contributed by atoms with Gasteiger partial charge in [0, 0.05) is 15.1 Å². The minimum Gasteiger partial charge on any atom is -0.489 e. The molecule has 1 heterocycles. The molecule has 4 rings (SSSR count). The van der Waals surface area contributed by atoms with Gasteiger partial charge < -0.3 is 4.74 Å². The number of imide groups is 2. The van der Waals surface area contributed by atoms with E-state index in [4.69, 9.17) is 16.3 Å². The number of rotatable bonds is 5. The largest absolute Gasteiger partial charge is 0.489 e. The topological polar surface area (TPSA) is 75.7 Å². The maximum absolute atomic E-state index is 13.1. The Morgan fingerprint density at radius 3 is 2.45 bits per heavy atom. The summed E-state index contributed by atoms with van der Waals surface area (Å²) in [5.74, 6) is -0.818. The predicted octanol–water partition coefficient (Wildman–Crippen LogP) is 5.66. The van der Waals surface area contributed by atoms with Crippen LogP contribution in [0.25, 0.3) is 6.08 Å². The number of ether oxygens (including phenoxy) is 1. The van der Waals surface area contributed by atoms with Gasteiger partial charge in [-0.05, 0) is 60.5 Å². The second-order valence-electron chi connectivity index (χ2n) is 7.34. The van der Waals surface area contributed by atoms with Gasteiger partial charge in [0.05, 0.1) is 5.69 Å². The summed E-state index contributed by atoms with van der Waals surface area (Å²) in [5, 5.41) is 2.86. The first-order chi connectivity index (χ1) is 15.8. The minimum absolute atomic E-state index is 0.137. The summed E-state index contributed by atoms with van der Waals surface area (Å²) in [7, 11) is 0. The SMILES string of the molecule is Cc1cc(Br)ccc1N1C(=O)NC(=O)/C(=C/c2ccc(OCc3ccccc3Cl)cc2)C1=O. The van der Waals surface area contributed by atoms with E-state index in [1.165, 1.54) is 6.08 Å². The normalized spacial score (nSPS) is 15.1. The maximum atomic E-state index is 13.1. The van der Waals surface area contributed by atoms with Gasteiger partial charge in [0.1, 0.15) is 17.9 Å². The Labute approximate surface area is 203 Å². The molecule has 1 aliphatic rings. The lowest BCUT2D eigenvalue weighted by Gasteiger charge is -2.27. The average molecular weight is 526 g/mol. The summed E-state index contributed by atoms with van der Waals surface area (Å²) < 4.78 is 6.58. The minimum atomic E-state index is -0.782. The molecule has 1 saturated heterocycles. The van der Waals surface area contributed by atoms with Gasteiger partial charge >= 0.3 is 6.03 Å². The number of hydrogen-bond donors (Lipinski definition) is 1. The molecular weight excluding hydrogens is 508 g/mol. The highest BCUT2D eigenvalue weighted by Crippen LogP contribution is 2.28. The van der Waals surface area contributed by atoms with E-state index in [1.807, 2.05) is 18.2 Å². The molecule has 33 heavy (non-hydrogen) atoms. The number of anilines is 1. The van der Waals surface area contributed by atoms with Crippen LogP contribution in [0.4, 0.5) is 10.5 Å². The summed E-state index contributed by atoms with van der Waals surface area (Å²) in [6, 6.07) is 18.7. The Bertz CT molecular complexity index is 1290. The number of carbonyl (C=O) groups excluding carboxylic acids is 3. The standard InChI is InChI=1S/C25H18BrClN2O4/c1-15-12-18(26)8-11-22(15)29-24(31)20(23(30)28-25(29)32)13-16-6-9-19(10-7-16)33-14-17-4-2-3-5-21(17)27/h2-13H,14H2,1H3,(H,28,30,32)/b20-13-. The summed E-state index contributed by atoms with van der Waals surface area (Å²) in [4.78, 5) is 38.9. The van der Waals surface area contributed by atoms with Gasteiger partial charge in [-0.2, -0.15) is 0 Å². The van der Waals surface area contributed by atoms with Crippen LogP contribution in [-0.2, 0) is 16.2 Å².